The van der Waals surface area contributed by atoms with Crippen molar-refractivity contribution in [1.29, 1.82) is 0 Å². The molecule has 92 valence electrons. The first-order valence-electron chi connectivity index (χ1n) is 5.84. The van der Waals surface area contributed by atoms with Crippen LogP contribution < -0.4 is 0 Å². The van der Waals surface area contributed by atoms with E-state index in [0.717, 1.165) is 10.3 Å². The van der Waals surface area contributed by atoms with Crippen molar-refractivity contribution in [2.45, 2.75) is 45.8 Å². The molecule has 0 unspecified atom stereocenters. The van der Waals surface area contributed by atoms with Gasteiger partial charge in [-0.3, -0.25) is 0 Å². The lowest BCUT2D eigenvalue weighted by atomic mass is 9.78. The molecule has 2 rings (SSSR count). The molecule has 0 bridgehead atoms. The lowest BCUT2D eigenvalue weighted by molar-refractivity contribution is 0.00578. The van der Waals surface area contributed by atoms with E-state index < -0.39 is 0 Å². The fraction of sp³-hybridized carbons (Fsp3) is 0.538. The Hall–Kier alpha value is -0.575. The quantitative estimate of drug-likeness (QED) is 0.745. The molecule has 1 aliphatic heterocycles. The summed E-state index contributed by atoms with van der Waals surface area (Å²) in [5.41, 5.74) is 0.321. The molecule has 17 heavy (non-hydrogen) atoms. The van der Waals surface area contributed by atoms with Crippen molar-refractivity contribution in [1.82, 2.24) is 0 Å². The molecule has 0 saturated carbocycles. The summed E-state index contributed by atoms with van der Waals surface area (Å²) in [7, 11) is -0.335. The van der Waals surface area contributed by atoms with E-state index in [9.17, 15) is 0 Å². The third-order valence-corrected chi connectivity index (χ3v) is 4.67. The fourth-order valence-electron chi connectivity index (χ4n) is 1.71. The molecule has 0 radical (unpaired) electrons. The molecule has 1 aromatic heterocycles. The molecule has 0 aromatic carbocycles. The maximum absolute atomic E-state index is 5.97. The zero-order chi connectivity index (χ0) is 12.8. The first kappa shape index (κ1) is 12.9. The Morgan fingerprint density at radius 1 is 1.18 bits per heavy atom. The molecule has 0 spiro atoms. The normalized spacial score (nSPS) is 21.8. The van der Waals surface area contributed by atoms with Crippen LogP contribution in [0.1, 0.15) is 37.4 Å². The highest BCUT2D eigenvalue weighted by atomic mass is 32.1. The van der Waals surface area contributed by atoms with Gasteiger partial charge in [0.25, 0.3) is 0 Å². The van der Waals surface area contributed by atoms with Crippen LogP contribution in [-0.2, 0) is 9.31 Å². The lowest BCUT2D eigenvalue weighted by Gasteiger charge is -2.32. The van der Waals surface area contributed by atoms with Gasteiger partial charge in [0.2, 0.25) is 0 Å². The van der Waals surface area contributed by atoms with Crippen molar-refractivity contribution < 1.29 is 9.31 Å². The molecule has 1 aromatic rings. The number of rotatable bonds is 2. The maximum Gasteiger partial charge on any atom is 0.495 e. The Bertz CT molecular complexity index is 432. The SMILES string of the molecule is C=C(B1OC(C)(C)C(C)(C)O1)c1ccc(C)s1. The largest absolute Gasteiger partial charge is 0.495 e. The van der Waals surface area contributed by atoms with Gasteiger partial charge in [-0.25, -0.2) is 0 Å². The number of aryl methyl sites for hydroxylation is 1. The van der Waals surface area contributed by atoms with Gasteiger partial charge in [0, 0.05) is 9.75 Å². The second-order valence-corrected chi connectivity index (χ2v) is 6.81. The van der Waals surface area contributed by atoms with Crippen molar-refractivity contribution in [3.63, 3.8) is 0 Å². The van der Waals surface area contributed by atoms with Gasteiger partial charge in [0.15, 0.2) is 0 Å². The van der Waals surface area contributed by atoms with E-state index in [1.165, 1.54) is 4.88 Å². The highest BCUT2D eigenvalue weighted by Crippen LogP contribution is 2.40. The van der Waals surface area contributed by atoms with Crippen LogP contribution in [0.15, 0.2) is 18.7 Å². The lowest BCUT2D eigenvalue weighted by Crippen LogP contribution is -2.41. The van der Waals surface area contributed by atoms with E-state index in [2.05, 4.69) is 53.3 Å². The third kappa shape index (κ3) is 2.22. The van der Waals surface area contributed by atoms with Gasteiger partial charge in [-0.2, -0.15) is 0 Å². The molecule has 0 aliphatic carbocycles. The van der Waals surface area contributed by atoms with Gasteiger partial charge in [-0.05, 0) is 52.2 Å². The van der Waals surface area contributed by atoms with Crippen molar-refractivity contribution in [3.8, 4) is 0 Å². The molecule has 4 heteroatoms. The Kier molecular flexibility index (Phi) is 3.01. The van der Waals surface area contributed by atoms with E-state index >= 15 is 0 Å². The predicted octanol–water partition coefficient (Wildman–Crippen LogP) is 3.70. The first-order chi connectivity index (χ1) is 7.73. The summed E-state index contributed by atoms with van der Waals surface area (Å²) < 4.78 is 11.9. The van der Waals surface area contributed by atoms with Crippen LogP contribution in [0.2, 0.25) is 0 Å². The second-order valence-electron chi connectivity index (χ2n) is 5.52. The summed E-state index contributed by atoms with van der Waals surface area (Å²) >= 11 is 1.72. The van der Waals surface area contributed by atoms with E-state index in [4.69, 9.17) is 9.31 Å². The fourth-order valence-corrected chi connectivity index (χ4v) is 2.55. The zero-order valence-electron chi connectivity index (χ0n) is 11.2. The predicted molar refractivity (Wildman–Crippen MR) is 74.2 cm³/mol. The van der Waals surface area contributed by atoms with Crippen LogP contribution in [0, 0.1) is 6.92 Å². The topological polar surface area (TPSA) is 18.5 Å². The van der Waals surface area contributed by atoms with Gasteiger partial charge < -0.3 is 9.31 Å². The standard InChI is InChI=1S/C13H19BO2S/c1-9-7-8-11(17-9)10(2)14-15-12(3,4)13(5,6)16-14/h7-8H,2H2,1,3-6H3. The van der Waals surface area contributed by atoms with Crippen molar-refractivity contribution >= 4 is 23.9 Å². The average molecular weight is 250 g/mol. The van der Waals surface area contributed by atoms with Crippen LogP contribution in [0.4, 0.5) is 0 Å². The van der Waals surface area contributed by atoms with E-state index in [0.29, 0.717) is 0 Å². The average Bonchev–Trinajstić information content (AvgIpc) is 2.69. The summed E-state index contributed by atoms with van der Waals surface area (Å²) in [6.45, 7) is 14.4. The molecule has 2 nitrogen and oxygen atoms in total. The summed E-state index contributed by atoms with van der Waals surface area (Å²) in [4.78, 5) is 2.42. The molecule has 1 aliphatic rings. The summed E-state index contributed by atoms with van der Waals surface area (Å²) in [6.07, 6.45) is 0. The monoisotopic (exact) mass is 250 g/mol. The molecule has 1 saturated heterocycles. The number of hydrogen-bond acceptors (Lipinski definition) is 3. The Balaban J connectivity index is 2.19. The Labute approximate surface area is 108 Å². The van der Waals surface area contributed by atoms with E-state index in [-0.39, 0.29) is 18.3 Å². The third-order valence-electron chi connectivity index (χ3n) is 3.59. The highest BCUT2D eigenvalue weighted by molar-refractivity contribution is 7.14. The Morgan fingerprint density at radius 3 is 2.12 bits per heavy atom. The summed E-state index contributed by atoms with van der Waals surface area (Å²) in [5.74, 6) is 0. The minimum absolute atomic E-state index is 0.299. The first-order valence-corrected chi connectivity index (χ1v) is 6.66. The van der Waals surface area contributed by atoms with Crippen LogP contribution in [0.3, 0.4) is 0 Å². The van der Waals surface area contributed by atoms with Crippen LogP contribution >= 0.6 is 11.3 Å². The zero-order valence-corrected chi connectivity index (χ0v) is 12.0. The number of thiophene rings is 1. The second kappa shape index (κ2) is 3.97. The summed E-state index contributed by atoms with van der Waals surface area (Å²) in [5, 5.41) is 0. The molecule has 0 amide bonds. The summed E-state index contributed by atoms with van der Waals surface area (Å²) in [6, 6.07) is 4.17. The highest BCUT2D eigenvalue weighted by Gasteiger charge is 2.52. The van der Waals surface area contributed by atoms with Crippen LogP contribution in [0.5, 0.6) is 0 Å². The van der Waals surface area contributed by atoms with Crippen LogP contribution in [0.25, 0.3) is 5.47 Å². The van der Waals surface area contributed by atoms with Gasteiger partial charge in [0.1, 0.15) is 0 Å². The van der Waals surface area contributed by atoms with E-state index in [1.54, 1.807) is 11.3 Å². The van der Waals surface area contributed by atoms with Gasteiger partial charge in [-0.1, -0.05) is 6.58 Å². The molecule has 1 fully saturated rings. The van der Waals surface area contributed by atoms with Gasteiger partial charge in [0.05, 0.1) is 11.2 Å². The molecule has 0 atom stereocenters. The minimum atomic E-state index is -0.335. The molecule has 2 heterocycles. The molecular formula is C13H19BO2S. The Morgan fingerprint density at radius 2 is 1.71 bits per heavy atom. The van der Waals surface area contributed by atoms with Crippen LogP contribution in [-0.4, -0.2) is 18.3 Å². The number of hydrogen-bond donors (Lipinski definition) is 0. The van der Waals surface area contributed by atoms with Gasteiger partial charge in [-0.15, -0.1) is 11.3 Å². The maximum atomic E-state index is 5.97. The minimum Gasteiger partial charge on any atom is -0.399 e. The molecule has 0 N–H and O–H groups in total. The van der Waals surface area contributed by atoms with Crippen molar-refractivity contribution in [3.05, 3.63) is 28.5 Å². The van der Waals surface area contributed by atoms with Crippen molar-refractivity contribution in [2.75, 3.05) is 0 Å². The smallest absolute Gasteiger partial charge is 0.399 e. The van der Waals surface area contributed by atoms with Crippen molar-refractivity contribution in [2.24, 2.45) is 0 Å². The van der Waals surface area contributed by atoms with E-state index in [1.807, 2.05) is 0 Å². The van der Waals surface area contributed by atoms with Gasteiger partial charge >= 0.3 is 7.12 Å². The molecular weight excluding hydrogens is 231 g/mol.